The normalized spacial score (nSPS) is 11.2. The van der Waals surface area contributed by atoms with Crippen molar-refractivity contribution < 1.29 is 23.5 Å². The number of hydrogen-bond donors (Lipinski definition) is 2. The van der Waals surface area contributed by atoms with Gasteiger partial charge in [-0.2, -0.15) is 5.10 Å². The molecule has 2 heterocycles. The number of amides is 3. The van der Waals surface area contributed by atoms with Gasteiger partial charge in [-0.3, -0.25) is 10.1 Å². The van der Waals surface area contributed by atoms with Crippen molar-refractivity contribution in [3.05, 3.63) is 78.5 Å². The van der Waals surface area contributed by atoms with Crippen LogP contribution in [0, 0.1) is 0 Å². The maximum atomic E-state index is 12.2. The van der Waals surface area contributed by atoms with Crippen LogP contribution in [0.1, 0.15) is 19.4 Å². The summed E-state index contributed by atoms with van der Waals surface area (Å²) in [6.45, 7) is 2.93. The van der Waals surface area contributed by atoms with Crippen LogP contribution in [0.5, 0.6) is 0 Å². The van der Waals surface area contributed by atoms with Gasteiger partial charge >= 0.3 is 12.0 Å². The zero-order chi connectivity index (χ0) is 24.8. The van der Waals surface area contributed by atoms with Crippen LogP contribution in [0.2, 0.25) is 0 Å². The molecule has 0 aliphatic carbocycles. The third-order valence-electron chi connectivity index (χ3n) is 4.84. The second-order valence-corrected chi connectivity index (χ2v) is 7.98. The van der Waals surface area contributed by atoms with E-state index in [1.807, 2.05) is 60.7 Å². The first-order chi connectivity index (χ1) is 16.9. The van der Waals surface area contributed by atoms with Gasteiger partial charge < -0.3 is 14.5 Å². The molecule has 4 aromatic rings. The molecule has 35 heavy (non-hydrogen) atoms. The Kier molecular flexibility index (Phi) is 7.06. The number of imide groups is 1. The number of fused-ring (bicyclic) bond motifs is 1. The standard InChI is InChI=1S/C26H24N4O5/c1-17(2)27-26(33)28-23(31)16-34-24(32)13-12-19-15-30(20-9-4-3-5-10-20)29-25(19)22-14-18-8-6-7-11-21(18)35-22/h3-15,17H,16H2,1-2H3,(H2,27,28,31,33). The minimum atomic E-state index is -0.743. The summed E-state index contributed by atoms with van der Waals surface area (Å²) in [7, 11) is 0. The van der Waals surface area contributed by atoms with Gasteiger partial charge in [-0.05, 0) is 44.2 Å². The van der Waals surface area contributed by atoms with E-state index in [1.165, 1.54) is 6.08 Å². The molecule has 9 heteroatoms. The molecule has 4 rings (SSSR count). The smallest absolute Gasteiger partial charge is 0.331 e. The molecule has 0 radical (unpaired) electrons. The number of ether oxygens (including phenoxy) is 1. The number of aromatic nitrogens is 2. The molecule has 0 atom stereocenters. The maximum Gasteiger partial charge on any atom is 0.331 e. The van der Waals surface area contributed by atoms with E-state index in [0.717, 1.165) is 16.7 Å². The lowest BCUT2D eigenvalue weighted by molar-refractivity contribution is -0.143. The van der Waals surface area contributed by atoms with Crippen LogP contribution in [0.4, 0.5) is 4.79 Å². The van der Waals surface area contributed by atoms with E-state index in [4.69, 9.17) is 9.15 Å². The van der Waals surface area contributed by atoms with E-state index in [9.17, 15) is 14.4 Å². The molecular weight excluding hydrogens is 448 g/mol. The minimum Gasteiger partial charge on any atom is -0.454 e. The summed E-state index contributed by atoms with van der Waals surface area (Å²) in [5.41, 5.74) is 2.71. The third-order valence-corrected chi connectivity index (χ3v) is 4.84. The Morgan fingerprint density at radius 1 is 1.09 bits per heavy atom. The second-order valence-electron chi connectivity index (χ2n) is 7.98. The molecule has 0 aliphatic heterocycles. The van der Waals surface area contributed by atoms with Crippen LogP contribution >= 0.6 is 0 Å². The summed E-state index contributed by atoms with van der Waals surface area (Å²) in [5, 5.41) is 10.2. The van der Waals surface area contributed by atoms with Gasteiger partial charge in [0.25, 0.3) is 5.91 Å². The quantitative estimate of drug-likeness (QED) is 0.309. The molecule has 3 amide bonds. The van der Waals surface area contributed by atoms with Gasteiger partial charge in [-0.25, -0.2) is 14.3 Å². The highest BCUT2D eigenvalue weighted by Crippen LogP contribution is 2.30. The molecular formula is C26H24N4O5. The predicted octanol–water partition coefficient (Wildman–Crippen LogP) is 4.08. The fourth-order valence-electron chi connectivity index (χ4n) is 3.32. The molecule has 2 aromatic heterocycles. The minimum absolute atomic E-state index is 0.133. The Hall–Kier alpha value is -4.66. The predicted molar refractivity (Wildman–Crippen MR) is 131 cm³/mol. The average Bonchev–Trinajstić information content (AvgIpc) is 3.45. The number of hydrogen-bond acceptors (Lipinski definition) is 6. The number of urea groups is 1. The van der Waals surface area contributed by atoms with E-state index in [0.29, 0.717) is 17.0 Å². The summed E-state index contributed by atoms with van der Waals surface area (Å²) in [4.78, 5) is 35.6. The van der Waals surface area contributed by atoms with Crippen molar-refractivity contribution >= 4 is 35.0 Å². The number of carbonyl (C=O) groups excluding carboxylic acids is 3. The van der Waals surface area contributed by atoms with Gasteiger partial charge in [-0.15, -0.1) is 0 Å². The van der Waals surface area contributed by atoms with Crippen molar-refractivity contribution in [1.82, 2.24) is 20.4 Å². The lowest BCUT2D eigenvalue weighted by Gasteiger charge is -2.08. The Morgan fingerprint density at radius 3 is 2.57 bits per heavy atom. The number of rotatable bonds is 7. The first-order valence-electron chi connectivity index (χ1n) is 11.0. The molecule has 0 bridgehead atoms. The average molecular weight is 473 g/mol. The van der Waals surface area contributed by atoms with Crippen LogP contribution in [-0.2, 0) is 14.3 Å². The Labute approximate surface area is 201 Å². The zero-order valence-electron chi connectivity index (χ0n) is 19.2. The zero-order valence-corrected chi connectivity index (χ0v) is 19.2. The summed E-state index contributed by atoms with van der Waals surface area (Å²) in [5.74, 6) is -0.929. The molecule has 178 valence electrons. The molecule has 2 aromatic carbocycles. The number of para-hydroxylation sites is 2. The van der Waals surface area contributed by atoms with Crippen molar-refractivity contribution in [2.24, 2.45) is 0 Å². The molecule has 0 spiro atoms. The van der Waals surface area contributed by atoms with Crippen LogP contribution < -0.4 is 10.6 Å². The lowest BCUT2D eigenvalue weighted by Crippen LogP contribution is -2.43. The molecule has 0 aliphatic rings. The number of benzene rings is 2. The van der Waals surface area contributed by atoms with Gasteiger partial charge in [0.2, 0.25) is 0 Å². The maximum absolute atomic E-state index is 12.2. The monoisotopic (exact) mass is 472 g/mol. The summed E-state index contributed by atoms with van der Waals surface area (Å²) in [6.07, 6.45) is 4.51. The summed E-state index contributed by atoms with van der Waals surface area (Å²) >= 11 is 0. The Bertz CT molecular complexity index is 1350. The number of nitrogens with one attached hydrogen (secondary N) is 2. The molecule has 0 fully saturated rings. The SMILES string of the molecule is CC(C)NC(=O)NC(=O)COC(=O)C=Cc1cn(-c2ccccc2)nc1-c1cc2ccccc2o1. The van der Waals surface area contributed by atoms with Gasteiger partial charge in [0.15, 0.2) is 12.4 Å². The number of carbonyl (C=O) groups is 3. The summed E-state index contributed by atoms with van der Waals surface area (Å²) < 4.78 is 12.6. The molecule has 0 unspecified atom stereocenters. The number of furan rings is 1. The van der Waals surface area contributed by atoms with Crippen molar-refractivity contribution in [2.45, 2.75) is 19.9 Å². The highest BCUT2D eigenvalue weighted by atomic mass is 16.5. The lowest BCUT2D eigenvalue weighted by atomic mass is 10.2. The third kappa shape index (κ3) is 6.02. The van der Waals surface area contributed by atoms with Crippen molar-refractivity contribution in [2.75, 3.05) is 6.61 Å². The summed E-state index contributed by atoms with van der Waals surface area (Å²) in [6, 6.07) is 18.2. The number of nitrogens with zero attached hydrogens (tertiary/aromatic N) is 2. The van der Waals surface area contributed by atoms with Gasteiger partial charge in [0.1, 0.15) is 11.3 Å². The van der Waals surface area contributed by atoms with Crippen LogP contribution in [0.25, 0.3) is 34.2 Å². The topological polar surface area (TPSA) is 115 Å². The van der Waals surface area contributed by atoms with Crippen molar-refractivity contribution in [1.29, 1.82) is 0 Å². The largest absolute Gasteiger partial charge is 0.454 e. The Balaban J connectivity index is 1.52. The molecule has 0 saturated carbocycles. The van der Waals surface area contributed by atoms with Crippen LogP contribution in [-0.4, -0.2) is 40.3 Å². The molecule has 0 saturated heterocycles. The van der Waals surface area contributed by atoms with E-state index in [-0.39, 0.29) is 6.04 Å². The molecule has 2 N–H and O–H groups in total. The molecule has 9 nitrogen and oxygen atoms in total. The first-order valence-corrected chi connectivity index (χ1v) is 11.0. The van der Waals surface area contributed by atoms with Gasteiger partial charge in [-0.1, -0.05) is 36.4 Å². The second kappa shape index (κ2) is 10.5. The van der Waals surface area contributed by atoms with Gasteiger partial charge in [0.05, 0.1) is 5.69 Å². The highest BCUT2D eigenvalue weighted by Gasteiger charge is 2.16. The van der Waals surface area contributed by atoms with E-state index in [1.54, 1.807) is 30.8 Å². The van der Waals surface area contributed by atoms with Gasteiger partial charge in [0, 0.05) is 29.3 Å². The van der Waals surface area contributed by atoms with Crippen LogP contribution in [0.15, 0.2) is 77.4 Å². The number of esters is 1. The fourth-order valence-corrected chi connectivity index (χ4v) is 3.32. The van der Waals surface area contributed by atoms with Crippen LogP contribution in [0.3, 0.4) is 0 Å². The van der Waals surface area contributed by atoms with E-state index in [2.05, 4.69) is 15.7 Å². The first kappa shape index (κ1) is 23.5. The van der Waals surface area contributed by atoms with E-state index < -0.39 is 24.5 Å². The van der Waals surface area contributed by atoms with E-state index >= 15 is 0 Å². The highest BCUT2D eigenvalue weighted by molar-refractivity contribution is 5.96. The van der Waals surface area contributed by atoms with Crippen molar-refractivity contribution in [3.8, 4) is 17.1 Å². The fraction of sp³-hybridized carbons (Fsp3) is 0.154. The van der Waals surface area contributed by atoms with Crippen molar-refractivity contribution in [3.63, 3.8) is 0 Å². The Morgan fingerprint density at radius 2 is 1.83 bits per heavy atom.